The molecule has 0 spiro atoms. The molecule has 190 valence electrons. The van der Waals surface area contributed by atoms with E-state index in [0.29, 0.717) is 47.2 Å². The van der Waals surface area contributed by atoms with E-state index in [-0.39, 0.29) is 0 Å². The normalized spacial score (nSPS) is 10.8. The maximum atomic E-state index is 13.4. The fraction of sp³-hybridized carbons (Fsp3) is 0.125. The summed E-state index contributed by atoms with van der Waals surface area (Å²) >= 11 is 6.21. The summed E-state index contributed by atoms with van der Waals surface area (Å²) in [5, 5.41) is 0.618. The molecule has 6 heteroatoms. The third kappa shape index (κ3) is 5.63. The smallest absolute Gasteiger partial charge is 0.343 e. The van der Waals surface area contributed by atoms with Gasteiger partial charge in [0.15, 0.2) is 5.76 Å². The number of aromatic nitrogens is 1. The molecular formula is C32H27ClN2O3. The summed E-state index contributed by atoms with van der Waals surface area (Å²) in [6.45, 7) is 0.424. The van der Waals surface area contributed by atoms with E-state index in [9.17, 15) is 4.79 Å². The zero-order valence-electron chi connectivity index (χ0n) is 21.0. The van der Waals surface area contributed by atoms with Crippen molar-refractivity contribution in [1.82, 2.24) is 4.98 Å². The minimum Gasteiger partial charge on any atom is -0.465 e. The van der Waals surface area contributed by atoms with E-state index in [1.54, 1.807) is 6.20 Å². The standard InChI is InChI=1S/C32H27ClN2O3/c1-37-32(36)29-28(20-15-23-10-4-2-5-11-23)38-31(24-16-18-25(33)19-17-24)30(29)35(27-13-6-3-7-14-27)22-26-12-8-9-21-34-26/h2-14,16-19,21H,15,20,22H2,1H3. The first-order chi connectivity index (χ1) is 18.6. The van der Waals surface area contributed by atoms with Crippen molar-refractivity contribution in [2.24, 2.45) is 0 Å². The number of anilines is 2. The highest BCUT2D eigenvalue weighted by Gasteiger charge is 2.31. The van der Waals surface area contributed by atoms with Crippen LogP contribution in [0.3, 0.4) is 0 Å². The molecule has 0 aliphatic carbocycles. The lowest BCUT2D eigenvalue weighted by atomic mass is 10.0. The number of ether oxygens (including phenoxy) is 1. The summed E-state index contributed by atoms with van der Waals surface area (Å²) in [5.41, 5.74) is 4.76. The molecule has 0 radical (unpaired) electrons. The molecule has 38 heavy (non-hydrogen) atoms. The molecule has 0 amide bonds. The average Bonchev–Trinajstić information content (AvgIpc) is 3.35. The molecule has 2 aromatic heterocycles. The van der Waals surface area contributed by atoms with Crippen LogP contribution >= 0.6 is 11.6 Å². The van der Waals surface area contributed by atoms with E-state index >= 15 is 0 Å². The highest BCUT2D eigenvalue weighted by molar-refractivity contribution is 6.30. The number of esters is 1. The third-order valence-electron chi connectivity index (χ3n) is 6.32. The van der Waals surface area contributed by atoms with E-state index in [0.717, 1.165) is 22.5 Å². The Bertz CT molecular complexity index is 1490. The molecule has 5 rings (SSSR count). The monoisotopic (exact) mass is 522 g/mol. The van der Waals surface area contributed by atoms with Gasteiger partial charge >= 0.3 is 5.97 Å². The number of halogens is 1. The topological polar surface area (TPSA) is 55.6 Å². The summed E-state index contributed by atoms with van der Waals surface area (Å²) in [6, 6.07) is 33.3. The molecular weight excluding hydrogens is 496 g/mol. The second kappa shape index (κ2) is 11.8. The summed E-state index contributed by atoms with van der Waals surface area (Å²) < 4.78 is 11.9. The molecule has 0 saturated carbocycles. The van der Waals surface area contributed by atoms with Gasteiger partial charge in [-0.25, -0.2) is 4.79 Å². The van der Waals surface area contributed by atoms with Crippen LogP contribution in [0.2, 0.25) is 5.02 Å². The van der Waals surface area contributed by atoms with Gasteiger partial charge in [-0.2, -0.15) is 0 Å². The van der Waals surface area contributed by atoms with E-state index in [4.69, 9.17) is 20.8 Å². The molecule has 0 saturated heterocycles. The first kappa shape index (κ1) is 25.3. The number of rotatable bonds is 9. The molecule has 2 heterocycles. The highest BCUT2D eigenvalue weighted by atomic mass is 35.5. The first-order valence-electron chi connectivity index (χ1n) is 12.4. The lowest BCUT2D eigenvalue weighted by Gasteiger charge is -2.25. The Kier molecular flexibility index (Phi) is 7.86. The van der Waals surface area contributed by atoms with Crippen molar-refractivity contribution >= 4 is 28.9 Å². The van der Waals surface area contributed by atoms with Crippen LogP contribution in [0.15, 0.2) is 114 Å². The number of hydrogen-bond acceptors (Lipinski definition) is 5. The Balaban J connectivity index is 1.71. The van der Waals surface area contributed by atoms with Crippen molar-refractivity contribution in [3.63, 3.8) is 0 Å². The largest absolute Gasteiger partial charge is 0.465 e. The van der Waals surface area contributed by atoms with Crippen LogP contribution in [-0.2, 0) is 24.1 Å². The van der Waals surface area contributed by atoms with Crippen molar-refractivity contribution in [3.8, 4) is 11.3 Å². The fourth-order valence-corrected chi connectivity index (χ4v) is 4.60. The Morgan fingerprint density at radius 1 is 0.868 bits per heavy atom. The Hall–Kier alpha value is -4.35. The minimum atomic E-state index is -0.450. The van der Waals surface area contributed by atoms with Crippen molar-refractivity contribution in [1.29, 1.82) is 0 Å². The number of para-hydroxylation sites is 1. The van der Waals surface area contributed by atoms with Gasteiger partial charge in [-0.1, -0.05) is 66.2 Å². The fourth-order valence-electron chi connectivity index (χ4n) is 4.47. The predicted molar refractivity (Wildman–Crippen MR) is 151 cm³/mol. The lowest BCUT2D eigenvalue weighted by Crippen LogP contribution is -2.20. The number of nitrogens with zero attached hydrogens (tertiary/aromatic N) is 2. The zero-order valence-corrected chi connectivity index (χ0v) is 21.8. The Morgan fingerprint density at radius 2 is 1.55 bits per heavy atom. The molecule has 0 aliphatic rings. The van der Waals surface area contributed by atoms with Crippen LogP contribution in [0.25, 0.3) is 11.3 Å². The predicted octanol–water partition coefficient (Wildman–Crippen LogP) is 7.91. The van der Waals surface area contributed by atoms with Gasteiger partial charge in [0.25, 0.3) is 0 Å². The first-order valence-corrected chi connectivity index (χ1v) is 12.8. The number of aryl methyl sites for hydroxylation is 2. The Morgan fingerprint density at radius 3 is 2.21 bits per heavy atom. The van der Waals surface area contributed by atoms with Gasteiger partial charge < -0.3 is 14.1 Å². The van der Waals surface area contributed by atoms with E-state index in [1.165, 1.54) is 7.11 Å². The molecule has 0 N–H and O–H groups in total. The zero-order chi connectivity index (χ0) is 26.3. The molecule has 0 unspecified atom stereocenters. The van der Waals surface area contributed by atoms with Gasteiger partial charge in [-0.05, 0) is 60.5 Å². The third-order valence-corrected chi connectivity index (χ3v) is 6.57. The quantitative estimate of drug-likeness (QED) is 0.184. The van der Waals surface area contributed by atoms with Gasteiger partial charge in [0.1, 0.15) is 17.0 Å². The number of hydrogen-bond donors (Lipinski definition) is 0. The van der Waals surface area contributed by atoms with Gasteiger partial charge in [-0.3, -0.25) is 4.98 Å². The maximum Gasteiger partial charge on any atom is 0.343 e. The van der Waals surface area contributed by atoms with E-state index in [2.05, 4.69) is 22.0 Å². The van der Waals surface area contributed by atoms with Crippen LogP contribution in [0.4, 0.5) is 11.4 Å². The van der Waals surface area contributed by atoms with Crippen molar-refractivity contribution < 1.29 is 13.9 Å². The highest BCUT2D eigenvalue weighted by Crippen LogP contribution is 2.43. The van der Waals surface area contributed by atoms with Crippen LogP contribution in [-0.4, -0.2) is 18.1 Å². The van der Waals surface area contributed by atoms with Crippen molar-refractivity contribution in [3.05, 3.63) is 137 Å². The van der Waals surface area contributed by atoms with E-state index < -0.39 is 5.97 Å². The second-order valence-corrected chi connectivity index (χ2v) is 9.24. The number of benzene rings is 3. The molecule has 0 atom stereocenters. The van der Waals surface area contributed by atoms with Crippen LogP contribution in [0.5, 0.6) is 0 Å². The van der Waals surface area contributed by atoms with Crippen molar-refractivity contribution in [2.45, 2.75) is 19.4 Å². The molecule has 5 aromatic rings. The van der Waals surface area contributed by atoms with Gasteiger partial charge in [0.05, 0.1) is 19.3 Å². The summed E-state index contributed by atoms with van der Waals surface area (Å²) in [7, 11) is 1.40. The molecule has 5 nitrogen and oxygen atoms in total. The maximum absolute atomic E-state index is 13.4. The number of carbonyl (C=O) groups excluding carboxylic acids is 1. The minimum absolute atomic E-state index is 0.410. The summed E-state index contributed by atoms with van der Waals surface area (Å²) in [5.74, 6) is 0.696. The van der Waals surface area contributed by atoms with Crippen molar-refractivity contribution in [2.75, 3.05) is 12.0 Å². The lowest BCUT2D eigenvalue weighted by molar-refractivity contribution is 0.0599. The molecule has 3 aromatic carbocycles. The van der Waals surface area contributed by atoms with Crippen LogP contribution < -0.4 is 4.90 Å². The number of furan rings is 1. The van der Waals surface area contributed by atoms with Crippen LogP contribution in [0.1, 0.15) is 27.4 Å². The van der Waals surface area contributed by atoms with Gasteiger partial charge in [0, 0.05) is 28.9 Å². The van der Waals surface area contributed by atoms with Gasteiger partial charge in [-0.15, -0.1) is 0 Å². The average molecular weight is 523 g/mol. The number of methoxy groups -OCH3 is 1. The van der Waals surface area contributed by atoms with Crippen LogP contribution in [0, 0.1) is 0 Å². The Labute approximate surface area is 227 Å². The van der Waals surface area contributed by atoms with Gasteiger partial charge in [0.2, 0.25) is 0 Å². The van der Waals surface area contributed by atoms with E-state index in [1.807, 2.05) is 91.0 Å². The number of carbonyl (C=O) groups is 1. The molecule has 0 aliphatic heterocycles. The molecule has 0 fully saturated rings. The second-order valence-electron chi connectivity index (χ2n) is 8.80. The molecule has 0 bridgehead atoms. The SMILES string of the molecule is COC(=O)c1c(CCc2ccccc2)oc(-c2ccc(Cl)cc2)c1N(Cc1ccccn1)c1ccccc1. The summed E-state index contributed by atoms with van der Waals surface area (Å²) in [6.07, 6.45) is 3.01. The summed E-state index contributed by atoms with van der Waals surface area (Å²) in [4.78, 5) is 20.0. The number of pyridine rings is 1.